The van der Waals surface area contributed by atoms with Gasteiger partial charge in [0, 0.05) is 0 Å². The monoisotopic (exact) mass is 247 g/mol. The molecule has 1 saturated carbocycles. The molecule has 0 aromatic rings. The molecule has 0 aromatic carbocycles. The molecule has 0 unspecified atom stereocenters. The van der Waals surface area contributed by atoms with E-state index in [2.05, 4.69) is 0 Å². The molecule has 0 amide bonds. The molecule has 1 aliphatic carbocycles. The topological polar surface area (TPSA) is 80.4 Å². The van der Waals surface area contributed by atoms with Crippen LogP contribution >= 0.6 is 0 Å². The molecule has 0 bridgehead atoms. The summed E-state index contributed by atoms with van der Waals surface area (Å²) in [6.07, 6.45) is 3.75. The zero-order chi connectivity index (χ0) is 9.90. The van der Waals surface area contributed by atoms with Crippen LogP contribution in [0.3, 0.4) is 0 Å². The molecule has 3 N–H and O–H groups in total. The van der Waals surface area contributed by atoms with Gasteiger partial charge >= 0.3 is 51.4 Å². The summed E-state index contributed by atoms with van der Waals surface area (Å²) < 4.78 is 29.8. The Morgan fingerprint density at radius 2 is 1.57 bits per heavy atom. The molecule has 0 spiro atoms. The Hall–Kier alpha value is 1.51. The maximum absolute atomic E-state index is 10.6. The van der Waals surface area contributed by atoms with Gasteiger partial charge in [0.1, 0.15) is 0 Å². The summed E-state index contributed by atoms with van der Waals surface area (Å²) in [6, 6.07) is 0. The van der Waals surface area contributed by atoms with E-state index in [4.69, 9.17) is 10.3 Å². The molecule has 14 heavy (non-hydrogen) atoms. The minimum absolute atomic E-state index is 0. The molecule has 4 nitrogen and oxygen atoms in total. The van der Waals surface area contributed by atoms with Crippen molar-refractivity contribution >= 4 is 61.5 Å². The molecule has 1 fully saturated rings. The number of rotatable bonds is 3. The summed E-state index contributed by atoms with van der Waals surface area (Å²) in [6.45, 7) is 0.693. The summed E-state index contributed by atoms with van der Waals surface area (Å²) in [5, 5.41) is 0. The minimum atomic E-state index is -3.78. The fourth-order valence-electron chi connectivity index (χ4n) is 1.93. The van der Waals surface area contributed by atoms with Crippen LogP contribution in [0.25, 0.3) is 0 Å². The Labute approximate surface area is 128 Å². The van der Waals surface area contributed by atoms with Gasteiger partial charge in [-0.25, -0.2) is 0 Å². The van der Waals surface area contributed by atoms with Crippen molar-refractivity contribution in [2.24, 2.45) is 17.6 Å². The van der Waals surface area contributed by atoms with E-state index in [0.717, 1.165) is 25.7 Å². The summed E-state index contributed by atoms with van der Waals surface area (Å²) in [4.78, 5) is 0. The summed E-state index contributed by atoms with van der Waals surface area (Å²) in [7, 11) is -3.78. The standard InChI is InChI=1S/C8H17NO3S.K.H/c9-5-7-1-3-8(4-2-7)6-13(10,11)12;;/h7-8H,1-6,9H2,(H,10,11,12);;. The first kappa shape index (κ1) is 15.5. The summed E-state index contributed by atoms with van der Waals surface area (Å²) >= 11 is 0. The first-order valence-electron chi connectivity index (χ1n) is 4.66. The van der Waals surface area contributed by atoms with E-state index in [9.17, 15) is 8.42 Å². The average Bonchev–Trinajstić information content (AvgIpc) is 2.03. The van der Waals surface area contributed by atoms with E-state index in [1.54, 1.807) is 0 Å². The van der Waals surface area contributed by atoms with Crippen molar-refractivity contribution in [3.05, 3.63) is 0 Å². The van der Waals surface area contributed by atoms with Crippen molar-refractivity contribution in [2.75, 3.05) is 12.3 Å². The molecule has 0 atom stereocenters. The van der Waals surface area contributed by atoms with Crippen LogP contribution < -0.4 is 5.73 Å². The zero-order valence-electron chi connectivity index (χ0n) is 7.65. The first-order chi connectivity index (χ1) is 6.01. The molecular weight excluding hydrogens is 229 g/mol. The Morgan fingerprint density at radius 3 is 1.93 bits per heavy atom. The third kappa shape index (κ3) is 6.17. The first-order valence-corrected chi connectivity index (χ1v) is 6.27. The van der Waals surface area contributed by atoms with E-state index in [1.807, 2.05) is 0 Å². The van der Waals surface area contributed by atoms with Gasteiger partial charge in [0.15, 0.2) is 0 Å². The number of hydrogen-bond donors (Lipinski definition) is 2. The van der Waals surface area contributed by atoms with Crippen molar-refractivity contribution in [3.63, 3.8) is 0 Å². The zero-order valence-corrected chi connectivity index (χ0v) is 8.46. The van der Waals surface area contributed by atoms with Crippen LogP contribution in [0.1, 0.15) is 25.7 Å². The van der Waals surface area contributed by atoms with Gasteiger partial charge in [0.05, 0.1) is 5.75 Å². The fraction of sp³-hybridized carbons (Fsp3) is 1.00. The van der Waals surface area contributed by atoms with E-state index in [1.165, 1.54) is 0 Å². The molecule has 0 heterocycles. The second kappa shape index (κ2) is 6.95. The van der Waals surface area contributed by atoms with E-state index < -0.39 is 10.1 Å². The molecule has 0 radical (unpaired) electrons. The molecule has 80 valence electrons. The van der Waals surface area contributed by atoms with Crippen LogP contribution in [0.2, 0.25) is 0 Å². The van der Waals surface area contributed by atoms with E-state index in [0.29, 0.717) is 12.5 Å². The predicted molar refractivity (Wildman–Crippen MR) is 58.1 cm³/mol. The van der Waals surface area contributed by atoms with Gasteiger partial charge in [-0.3, -0.25) is 4.55 Å². The van der Waals surface area contributed by atoms with Crippen LogP contribution in [0.15, 0.2) is 0 Å². The Bertz CT molecular complexity index is 247. The Morgan fingerprint density at radius 1 is 1.14 bits per heavy atom. The second-order valence-electron chi connectivity index (χ2n) is 3.87. The van der Waals surface area contributed by atoms with Crippen LogP contribution in [0.5, 0.6) is 0 Å². The van der Waals surface area contributed by atoms with Crippen LogP contribution in [-0.2, 0) is 10.1 Å². The number of nitrogens with two attached hydrogens (primary N) is 1. The van der Waals surface area contributed by atoms with Gasteiger partial charge in [-0.2, -0.15) is 8.42 Å². The van der Waals surface area contributed by atoms with Crippen molar-refractivity contribution in [1.82, 2.24) is 0 Å². The molecule has 1 aliphatic rings. The molecule has 1 rings (SSSR count). The number of hydrogen-bond acceptors (Lipinski definition) is 3. The maximum atomic E-state index is 10.6. The van der Waals surface area contributed by atoms with Gasteiger partial charge in [-0.05, 0) is 44.1 Å². The quantitative estimate of drug-likeness (QED) is 0.543. The van der Waals surface area contributed by atoms with Gasteiger partial charge in [0.25, 0.3) is 10.1 Å². The van der Waals surface area contributed by atoms with E-state index >= 15 is 0 Å². The van der Waals surface area contributed by atoms with Crippen LogP contribution in [-0.4, -0.2) is 76.7 Å². The average molecular weight is 247 g/mol. The van der Waals surface area contributed by atoms with Crippen LogP contribution in [0, 0.1) is 11.8 Å². The third-order valence-corrected chi connectivity index (χ3v) is 3.64. The van der Waals surface area contributed by atoms with Gasteiger partial charge in [0.2, 0.25) is 0 Å². The Kier molecular flexibility index (Phi) is 7.70. The van der Waals surface area contributed by atoms with Gasteiger partial charge < -0.3 is 5.73 Å². The van der Waals surface area contributed by atoms with Gasteiger partial charge in [-0.15, -0.1) is 0 Å². The molecule has 0 saturated heterocycles. The van der Waals surface area contributed by atoms with Gasteiger partial charge in [-0.1, -0.05) is 0 Å². The Balaban J connectivity index is 0.00000169. The van der Waals surface area contributed by atoms with Crippen molar-refractivity contribution in [2.45, 2.75) is 25.7 Å². The SMILES string of the molecule is NCC1CCC(CS(=O)(=O)O)CC1.[KH]. The molecule has 6 heteroatoms. The van der Waals surface area contributed by atoms with Crippen LogP contribution in [0.4, 0.5) is 0 Å². The van der Waals surface area contributed by atoms with E-state index in [-0.39, 0.29) is 63.1 Å². The summed E-state index contributed by atoms with van der Waals surface area (Å²) in [5.41, 5.74) is 5.51. The normalized spacial score (nSPS) is 28.1. The second-order valence-corrected chi connectivity index (χ2v) is 5.37. The van der Waals surface area contributed by atoms with Crippen molar-refractivity contribution in [1.29, 1.82) is 0 Å². The summed E-state index contributed by atoms with van der Waals surface area (Å²) in [5.74, 6) is 0.611. The van der Waals surface area contributed by atoms with Crippen molar-refractivity contribution in [3.8, 4) is 0 Å². The molecular formula is C8H18KNO3S. The molecule has 0 aliphatic heterocycles. The van der Waals surface area contributed by atoms with Crippen molar-refractivity contribution < 1.29 is 13.0 Å². The molecule has 0 aromatic heterocycles. The predicted octanol–water partition coefficient (Wildman–Crippen LogP) is -0.00920. The fourth-order valence-corrected chi connectivity index (χ4v) is 2.86. The third-order valence-electron chi connectivity index (χ3n) is 2.75.